The minimum Gasteiger partial charge on any atom is -0.481 e. The molecule has 6 rings (SSSR count). The molecule has 1 aliphatic heterocycles. The van der Waals surface area contributed by atoms with Gasteiger partial charge in [-0.05, 0) is 143 Å². The van der Waals surface area contributed by atoms with Crippen LogP contribution in [-0.2, 0) is 23.9 Å². The topological polar surface area (TPSA) is 122 Å². The Morgan fingerprint density at radius 3 is 2.31 bits per heavy atom. The number of nitrogens with one attached hydrogen (secondary N) is 1. The summed E-state index contributed by atoms with van der Waals surface area (Å²) >= 11 is 0. The number of carboxylic acids is 1. The molecule has 0 bridgehead atoms. The van der Waals surface area contributed by atoms with E-state index < -0.39 is 22.9 Å². The van der Waals surface area contributed by atoms with Crippen molar-refractivity contribution in [3.05, 3.63) is 11.1 Å². The molecular formula is C43H68N2O7. The maximum atomic E-state index is 14.0. The first-order chi connectivity index (χ1) is 24.1. The molecular weight excluding hydrogens is 656 g/mol. The number of allylic oxidation sites excluding steroid dienone is 1. The Morgan fingerprint density at radius 2 is 1.65 bits per heavy atom. The van der Waals surface area contributed by atoms with E-state index in [0.717, 1.165) is 82.9 Å². The number of esters is 1. The second-order valence-electron chi connectivity index (χ2n) is 20.5. The van der Waals surface area contributed by atoms with Crippen LogP contribution in [0.1, 0.15) is 139 Å². The fourth-order valence-electron chi connectivity index (χ4n) is 13.4. The highest BCUT2D eigenvalue weighted by atomic mass is 16.6. The molecule has 5 aliphatic carbocycles. The lowest BCUT2D eigenvalue weighted by Gasteiger charge is -2.72. The van der Waals surface area contributed by atoms with Crippen LogP contribution in [0.5, 0.6) is 0 Å². The number of rotatable bonds is 8. The van der Waals surface area contributed by atoms with Gasteiger partial charge in [0, 0.05) is 24.3 Å². The van der Waals surface area contributed by atoms with Crippen LogP contribution in [0.25, 0.3) is 0 Å². The number of alkyl carbamates (subject to hydrolysis) is 1. The van der Waals surface area contributed by atoms with Crippen molar-refractivity contribution in [1.82, 2.24) is 10.2 Å². The van der Waals surface area contributed by atoms with Crippen LogP contribution in [0.15, 0.2) is 11.1 Å². The fourth-order valence-corrected chi connectivity index (χ4v) is 13.4. The minimum atomic E-state index is -1.17. The first-order valence-corrected chi connectivity index (χ1v) is 20.5. The molecule has 9 heteroatoms. The summed E-state index contributed by atoms with van der Waals surface area (Å²) in [7, 11) is 2.12. The molecule has 4 saturated carbocycles. The second kappa shape index (κ2) is 13.4. The Bertz CT molecular complexity index is 1500. The van der Waals surface area contributed by atoms with Crippen molar-refractivity contribution in [3.63, 3.8) is 0 Å². The molecule has 0 aromatic heterocycles. The van der Waals surface area contributed by atoms with Crippen molar-refractivity contribution < 1.29 is 33.8 Å². The van der Waals surface area contributed by atoms with Crippen LogP contribution in [-0.4, -0.2) is 72.2 Å². The Morgan fingerprint density at radius 1 is 0.942 bits per heavy atom. The predicted octanol–water partition coefficient (Wildman–Crippen LogP) is 8.20. The number of aliphatic carboxylic acids is 1. The molecule has 1 heterocycles. The molecule has 52 heavy (non-hydrogen) atoms. The predicted molar refractivity (Wildman–Crippen MR) is 200 cm³/mol. The fraction of sp³-hybridized carbons (Fsp3) is 0.860. The van der Waals surface area contributed by atoms with Gasteiger partial charge in [0.05, 0.1) is 24.0 Å². The molecule has 2 N–H and O–H groups in total. The third-order valence-corrected chi connectivity index (χ3v) is 16.3. The van der Waals surface area contributed by atoms with Crippen LogP contribution in [0, 0.1) is 56.7 Å². The summed E-state index contributed by atoms with van der Waals surface area (Å²) in [5.41, 5.74) is 0.111. The zero-order valence-corrected chi connectivity index (χ0v) is 33.9. The van der Waals surface area contributed by atoms with Crippen LogP contribution in [0.2, 0.25) is 0 Å². The number of hydrogen-bond donors (Lipinski definition) is 2. The van der Waals surface area contributed by atoms with E-state index in [1.54, 1.807) is 13.8 Å². The van der Waals surface area contributed by atoms with Crippen molar-refractivity contribution in [1.29, 1.82) is 0 Å². The smallest absolute Gasteiger partial charge is 0.407 e. The average Bonchev–Trinajstić information content (AvgIpc) is 3.33. The van der Waals surface area contributed by atoms with E-state index in [4.69, 9.17) is 9.47 Å². The molecule has 0 radical (unpaired) electrons. The normalized spacial score (nSPS) is 40.3. The van der Waals surface area contributed by atoms with E-state index >= 15 is 0 Å². The molecule has 9 atom stereocenters. The Hall–Kier alpha value is -2.42. The number of Topliss-reactive ketones (excluding diaryl/α,β-unsaturated/α-hetero) is 1. The number of ether oxygens (including phenoxy) is 2. The summed E-state index contributed by atoms with van der Waals surface area (Å²) in [6.45, 7) is 21.9. The zero-order chi connectivity index (χ0) is 38.2. The van der Waals surface area contributed by atoms with Crippen LogP contribution < -0.4 is 5.32 Å². The quantitative estimate of drug-likeness (QED) is 0.240. The van der Waals surface area contributed by atoms with E-state index in [2.05, 4.69) is 65.7 Å². The summed E-state index contributed by atoms with van der Waals surface area (Å²) in [5.74, 6) is 0.238. The lowest BCUT2D eigenvalue weighted by atomic mass is 9.33. The number of amides is 1. The van der Waals surface area contributed by atoms with Crippen molar-refractivity contribution in [2.45, 2.75) is 151 Å². The third-order valence-electron chi connectivity index (χ3n) is 16.3. The molecule has 0 spiro atoms. The number of carboxylic acid groups (broad SMARTS) is 1. The number of hydrogen-bond acceptors (Lipinski definition) is 7. The molecule has 1 saturated heterocycles. The van der Waals surface area contributed by atoms with Gasteiger partial charge in [-0.2, -0.15) is 0 Å². The van der Waals surface area contributed by atoms with Crippen LogP contribution in [0.3, 0.4) is 0 Å². The Labute approximate surface area is 312 Å². The van der Waals surface area contributed by atoms with Gasteiger partial charge in [0.1, 0.15) is 6.10 Å². The van der Waals surface area contributed by atoms with Crippen molar-refractivity contribution in [2.24, 2.45) is 56.7 Å². The number of ketones is 1. The molecule has 5 unspecified atom stereocenters. The molecule has 0 aromatic carbocycles. The second-order valence-corrected chi connectivity index (χ2v) is 20.5. The van der Waals surface area contributed by atoms with Gasteiger partial charge in [-0.25, -0.2) is 4.79 Å². The highest BCUT2D eigenvalue weighted by Crippen LogP contribution is 2.76. The van der Waals surface area contributed by atoms with Crippen LogP contribution in [0.4, 0.5) is 4.79 Å². The van der Waals surface area contributed by atoms with Gasteiger partial charge in [-0.15, -0.1) is 0 Å². The van der Waals surface area contributed by atoms with Gasteiger partial charge in [0.15, 0.2) is 5.78 Å². The number of likely N-dealkylation sites (tertiary alicyclic amines) is 1. The summed E-state index contributed by atoms with van der Waals surface area (Å²) in [5, 5.41) is 13.0. The largest absolute Gasteiger partial charge is 0.481 e. The Kier molecular flexibility index (Phi) is 10.1. The summed E-state index contributed by atoms with van der Waals surface area (Å²) in [6, 6.07) is 0. The molecule has 1 amide bonds. The zero-order valence-electron chi connectivity index (χ0n) is 33.9. The van der Waals surface area contributed by atoms with Crippen molar-refractivity contribution in [3.8, 4) is 0 Å². The third kappa shape index (κ3) is 6.24. The van der Waals surface area contributed by atoms with E-state index in [1.807, 2.05) is 0 Å². The Balaban J connectivity index is 1.24. The minimum absolute atomic E-state index is 0.0344. The summed E-state index contributed by atoms with van der Waals surface area (Å²) in [4.78, 5) is 54.7. The maximum absolute atomic E-state index is 14.0. The summed E-state index contributed by atoms with van der Waals surface area (Å²) in [6.07, 6.45) is 9.35. The monoisotopic (exact) mass is 725 g/mol. The standard InChI is InChI=1S/C43H68N2O7/c1-26(2)34-29(46)22-43(44-37(50)51-25-27-12-11-21-45(10)24-27)20-19-41(8)28(35(34)43)13-14-31-40(7)17-16-32(52-33(47)23-38(3,4)36(48)49)39(5,6)30(40)15-18-42(31,41)9/h26-28,30-32H,11-25H2,1-10H3,(H,44,50)(H,48,49)/t27?,28?,30?,31?,32-,40?,41+,42+,43+/m0/s1. The highest BCUT2D eigenvalue weighted by molar-refractivity contribution is 6.02. The summed E-state index contributed by atoms with van der Waals surface area (Å²) < 4.78 is 12.1. The maximum Gasteiger partial charge on any atom is 0.407 e. The SMILES string of the molecule is CC(C)C1=C2C3CCC4C5(C)CC[C@H](OC(=O)CC(C)(C)C(=O)O)C(C)(C)C5CC[C@@]4(C)[C@]3(C)CC[C@@]2(NC(=O)OCC2CCCN(C)C2)CC1=O. The van der Waals surface area contributed by atoms with E-state index in [0.29, 0.717) is 30.8 Å². The first kappa shape index (κ1) is 39.3. The van der Waals surface area contributed by atoms with Gasteiger partial charge < -0.3 is 24.8 Å². The average molecular weight is 725 g/mol. The molecule has 292 valence electrons. The lowest BCUT2D eigenvalue weighted by Crippen LogP contribution is -2.67. The highest BCUT2D eigenvalue weighted by Gasteiger charge is 2.70. The lowest BCUT2D eigenvalue weighted by molar-refractivity contribution is -0.232. The van der Waals surface area contributed by atoms with Gasteiger partial charge in [0.25, 0.3) is 0 Å². The van der Waals surface area contributed by atoms with Gasteiger partial charge in [-0.1, -0.05) is 48.5 Å². The molecule has 5 fully saturated rings. The molecule has 6 aliphatic rings. The van der Waals surface area contributed by atoms with Crippen LogP contribution >= 0.6 is 0 Å². The molecule has 0 aromatic rings. The number of carbonyl (C=O) groups excluding carboxylic acids is 3. The first-order valence-electron chi connectivity index (χ1n) is 20.5. The van der Waals surface area contributed by atoms with Gasteiger partial charge in [-0.3, -0.25) is 14.4 Å². The number of fused-ring (bicyclic) bond motifs is 7. The van der Waals surface area contributed by atoms with Gasteiger partial charge >= 0.3 is 18.0 Å². The van der Waals surface area contributed by atoms with Crippen molar-refractivity contribution >= 4 is 23.8 Å². The number of piperidine rings is 1. The van der Waals surface area contributed by atoms with E-state index in [9.17, 15) is 24.3 Å². The molecule has 9 nitrogen and oxygen atoms in total. The van der Waals surface area contributed by atoms with E-state index in [-0.39, 0.29) is 57.9 Å². The van der Waals surface area contributed by atoms with Gasteiger partial charge in [0.2, 0.25) is 0 Å². The van der Waals surface area contributed by atoms with E-state index in [1.165, 1.54) is 5.57 Å². The number of nitrogens with zero attached hydrogens (tertiary/aromatic N) is 1. The van der Waals surface area contributed by atoms with Crippen molar-refractivity contribution in [2.75, 3.05) is 26.7 Å². The number of carbonyl (C=O) groups is 4.